The van der Waals surface area contributed by atoms with Crippen molar-refractivity contribution in [3.63, 3.8) is 0 Å². The Kier molecular flexibility index (Phi) is 6.36. The molecule has 15 heavy (non-hydrogen) atoms. The van der Waals surface area contributed by atoms with Gasteiger partial charge in [0, 0.05) is 0 Å². The first-order valence-electron chi connectivity index (χ1n) is 7.22. The summed E-state index contributed by atoms with van der Waals surface area (Å²) in [7, 11) is 0. The van der Waals surface area contributed by atoms with Crippen LogP contribution in [0.15, 0.2) is 0 Å². The van der Waals surface area contributed by atoms with Crippen molar-refractivity contribution < 1.29 is 0 Å². The van der Waals surface area contributed by atoms with Crippen LogP contribution in [0.4, 0.5) is 0 Å². The highest BCUT2D eigenvalue weighted by Gasteiger charge is 2.20. The van der Waals surface area contributed by atoms with Crippen molar-refractivity contribution in [1.29, 1.82) is 0 Å². The fourth-order valence-corrected chi connectivity index (χ4v) is 2.89. The van der Waals surface area contributed by atoms with E-state index in [-0.39, 0.29) is 0 Å². The standard InChI is InChI=1S/C15H30/c1-4-13(2)8-6-5-7-9-15-11-10-14(3)12-15/h13-15H,4-12H2,1-3H3. The monoisotopic (exact) mass is 210 g/mol. The molecule has 0 aromatic rings. The lowest BCUT2D eigenvalue weighted by Crippen LogP contribution is -1.96. The smallest absolute Gasteiger partial charge is 0.0412 e. The molecule has 0 spiro atoms. The van der Waals surface area contributed by atoms with Crippen molar-refractivity contribution >= 4 is 0 Å². The van der Waals surface area contributed by atoms with Gasteiger partial charge in [-0.2, -0.15) is 0 Å². The molecule has 0 heterocycles. The molecule has 1 aliphatic carbocycles. The van der Waals surface area contributed by atoms with Crippen molar-refractivity contribution in [3.05, 3.63) is 0 Å². The molecule has 0 aliphatic heterocycles. The third-order valence-corrected chi connectivity index (χ3v) is 4.31. The quantitative estimate of drug-likeness (QED) is 0.492. The fraction of sp³-hybridized carbons (Fsp3) is 1.00. The van der Waals surface area contributed by atoms with E-state index < -0.39 is 0 Å². The summed E-state index contributed by atoms with van der Waals surface area (Å²) >= 11 is 0. The molecule has 0 aromatic heterocycles. The molecule has 1 fully saturated rings. The van der Waals surface area contributed by atoms with Crippen molar-refractivity contribution in [2.45, 2.75) is 78.6 Å². The van der Waals surface area contributed by atoms with Gasteiger partial charge in [0.25, 0.3) is 0 Å². The number of hydrogen-bond acceptors (Lipinski definition) is 0. The Morgan fingerprint density at radius 1 is 1.13 bits per heavy atom. The molecule has 0 N–H and O–H groups in total. The van der Waals surface area contributed by atoms with E-state index in [1.807, 2.05) is 0 Å². The molecular formula is C15H30. The molecule has 3 unspecified atom stereocenters. The van der Waals surface area contributed by atoms with Crippen LogP contribution < -0.4 is 0 Å². The lowest BCUT2D eigenvalue weighted by molar-refractivity contribution is 0.429. The Bertz CT molecular complexity index is 150. The van der Waals surface area contributed by atoms with Crippen LogP contribution in [-0.2, 0) is 0 Å². The Balaban J connectivity index is 1.89. The zero-order valence-electron chi connectivity index (χ0n) is 11.1. The molecule has 0 nitrogen and oxygen atoms in total. The number of unbranched alkanes of at least 4 members (excludes halogenated alkanes) is 2. The lowest BCUT2D eigenvalue weighted by Gasteiger charge is -2.10. The number of hydrogen-bond donors (Lipinski definition) is 0. The van der Waals surface area contributed by atoms with Gasteiger partial charge >= 0.3 is 0 Å². The molecule has 0 amide bonds. The number of rotatable bonds is 7. The maximum Gasteiger partial charge on any atom is -0.0412 e. The highest BCUT2D eigenvalue weighted by atomic mass is 14.3. The summed E-state index contributed by atoms with van der Waals surface area (Å²) in [6, 6.07) is 0. The summed E-state index contributed by atoms with van der Waals surface area (Å²) in [5.74, 6) is 3.07. The molecular weight excluding hydrogens is 180 g/mol. The van der Waals surface area contributed by atoms with Crippen LogP contribution in [-0.4, -0.2) is 0 Å². The van der Waals surface area contributed by atoms with Crippen LogP contribution in [0.3, 0.4) is 0 Å². The zero-order valence-corrected chi connectivity index (χ0v) is 11.1. The van der Waals surface area contributed by atoms with E-state index in [4.69, 9.17) is 0 Å². The van der Waals surface area contributed by atoms with Gasteiger partial charge in [-0.25, -0.2) is 0 Å². The average Bonchev–Trinajstić information content (AvgIpc) is 2.63. The van der Waals surface area contributed by atoms with Gasteiger partial charge in [-0.05, 0) is 24.2 Å². The second-order valence-electron chi connectivity index (χ2n) is 5.94. The maximum atomic E-state index is 2.42. The highest BCUT2D eigenvalue weighted by Crippen LogP contribution is 2.33. The zero-order chi connectivity index (χ0) is 11.1. The van der Waals surface area contributed by atoms with E-state index in [1.165, 1.54) is 57.8 Å². The molecule has 1 aliphatic rings. The van der Waals surface area contributed by atoms with Gasteiger partial charge in [0.2, 0.25) is 0 Å². The van der Waals surface area contributed by atoms with Gasteiger partial charge < -0.3 is 0 Å². The van der Waals surface area contributed by atoms with Gasteiger partial charge in [0.15, 0.2) is 0 Å². The van der Waals surface area contributed by atoms with E-state index >= 15 is 0 Å². The Morgan fingerprint density at radius 3 is 2.53 bits per heavy atom. The molecule has 0 aromatic carbocycles. The van der Waals surface area contributed by atoms with Gasteiger partial charge in [-0.3, -0.25) is 0 Å². The fourth-order valence-electron chi connectivity index (χ4n) is 2.89. The van der Waals surface area contributed by atoms with Crippen molar-refractivity contribution in [2.24, 2.45) is 17.8 Å². The Hall–Kier alpha value is 0. The minimum Gasteiger partial charge on any atom is -0.0651 e. The van der Waals surface area contributed by atoms with E-state index in [2.05, 4.69) is 20.8 Å². The molecule has 1 saturated carbocycles. The minimum atomic E-state index is 0.955. The van der Waals surface area contributed by atoms with E-state index in [9.17, 15) is 0 Å². The van der Waals surface area contributed by atoms with E-state index in [0.717, 1.165) is 17.8 Å². The van der Waals surface area contributed by atoms with Crippen LogP contribution >= 0.6 is 0 Å². The van der Waals surface area contributed by atoms with Gasteiger partial charge in [-0.1, -0.05) is 72.1 Å². The summed E-state index contributed by atoms with van der Waals surface area (Å²) < 4.78 is 0. The van der Waals surface area contributed by atoms with Crippen LogP contribution in [0, 0.1) is 17.8 Å². The van der Waals surface area contributed by atoms with Crippen LogP contribution in [0.2, 0.25) is 0 Å². The molecule has 0 heteroatoms. The van der Waals surface area contributed by atoms with Crippen LogP contribution in [0.5, 0.6) is 0 Å². The topological polar surface area (TPSA) is 0 Å². The Labute approximate surface area is 96.8 Å². The van der Waals surface area contributed by atoms with Gasteiger partial charge in [-0.15, -0.1) is 0 Å². The first kappa shape index (κ1) is 13.1. The first-order chi connectivity index (χ1) is 7.22. The second-order valence-corrected chi connectivity index (χ2v) is 5.94. The third-order valence-electron chi connectivity index (χ3n) is 4.31. The predicted octanol–water partition coefficient (Wildman–Crippen LogP) is 5.42. The molecule has 3 atom stereocenters. The summed E-state index contributed by atoms with van der Waals surface area (Å²) in [5.41, 5.74) is 0. The summed E-state index contributed by atoms with van der Waals surface area (Å²) in [5, 5.41) is 0. The van der Waals surface area contributed by atoms with Gasteiger partial charge in [0.05, 0.1) is 0 Å². The normalized spacial score (nSPS) is 28.2. The highest BCUT2D eigenvalue weighted by molar-refractivity contribution is 4.72. The predicted molar refractivity (Wildman–Crippen MR) is 69.0 cm³/mol. The SMILES string of the molecule is CCC(C)CCCCCC1CCC(C)C1. The molecule has 1 rings (SSSR count). The summed E-state index contributed by atoms with van der Waals surface area (Å²) in [4.78, 5) is 0. The molecule has 0 saturated heterocycles. The van der Waals surface area contributed by atoms with E-state index in [0.29, 0.717) is 0 Å². The second kappa shape index (κ2) is 7.30. The molecule has 0 radical (unpaired) electrons. The van der Waals surface area contributed by atoms with Crippen LogP contribution in [0.1, 0.15) is 78.6 Å². The van der Waals surface area contributed by atoms with Gasteiger partial charge in [0.1, 0.15) is 0 Å². The summed E-state index contributed by atoms with van der Waals surface area (Å²) in [6.07, 6.45) is 13.3. The largest absolute Gasteiger partial charge is 0.0651 e. The average molecular weight is 210 g/mol. The van der Waals surface area contributed by atoms with Crippen molar-refractivity contribution in [1.82, 2.24) is 0 Å². The summed E-state index contributed by atoms with van der Waals surface area (Å²) in [6.45, 7) is 7.12. The van der Waals surface area contributed by atoms with Crippen LogP contribution in [0.25, 0.3) is 0 Å². The molecule has 90 valence electrons. The van der Waals surface area contributed by atoms with Crippen molar-refractivity contribution in [3.8, 4) is 0 Å². The van der Waals surface area contributed by atoms with E-state index in [1.54, 1.807) is 0 Å². The third kappa shape index (κ3) is 5.58. The molecule has 0 bridgehead atoms. The minimum absolute atomic E-state index is 0.955. The lowest BCUT2D eigenvalue weighted by atomic mass is 9.96. The first-order valence-corrected chi connectivity index (χ1v) is 7.22. The van der Waals surface area contributed by atoms with Crippen molar-refractivity contribution in [2.75, 3.05) is 0 Å². The maximum absolute atomic E-state index is 2.42. The Morgan fingerprint density at radius 2 is 1.93 bits per heavy atom.